The number of hydrogen-bond acceptors (Lipinski definition) is 3. The Labute approximate surface area is 207 Å². The Morgan fingerprint density at radius 3 is 2.18 bits per heavy atom. The summed E-state index contributed by atoms with van der Waals surface area (Å²) in [5.41, 5.74) is 4.11. The van der Waals surface area contributed by atoms with Crippen molar-refractivity contribution >= 4 is 5.97 Å². The molecule has 10 atom stereocenters. The van der Waals surface area contributed by atoms with Crippen molar-refractivity contribution in [2.75, 3.05) is 0 Å². The van der Waals surface area contributed by atoms with Crippen LogP contribution in [0.1, 0.15) is 106 Å². The molecule has 0 aromatic heterocycles. The fourth-order valence-corrected chi connectivity index (χ4v) is 11.8. The lowest BCUT2D eigenvalue weighted by molar-refractivity contribution is -0.242. The summed E-state index contributed by atoms with van der Waals surface area (Å²) in [5.74, 6) is 1.82. The van der Waals surface area contributed by atoms with Gasteiger partial charge in [0.1, 0.15) is 0 Å². The van der Waals surface area contributed by atoms with Crippen molar-refractivity contribution in [2.45, 2.75) is 112 Å². The third-order valence-electron chi connectivity index (χ3n) is 13.7. The molecule has 5 aliphatic rings. The lowest BCUT2D eigenvalue weighted by Gasteiger charge is -2.72. The van der Waals surface area contributed by atoms with Gasteiger partial charge in [0, 0.05) is 6.04 Å². The van der Waals surface area contributed by atoms with E-state index in [0.717, 1.165) is 32.1 Å². The molecule has 4 heteroatoms. The normalized spacial score (nSPS) is 53.7. The fraction of sp³-hybridized carbons (Fsp3) is 0.900. The summed E-state index contributed by atoms with van der Waals surface area (Å²) in [6.07, 6.45) is 10.8. The van der Waals surface area contributed by atoms with Gasteiger partial charge < -0.3 is 10.3 Å². The number of aliphatic carboxylic acids is 1. The first-order valence-electron chi connectivity index (χ1n) is 14.1. The third-order valence-corrected chi connectivity index (χ3v) is 13.7. The fourth-order valence-electron chi connectivity index (χ4n) is 11.8. The number of rotatable bonds is 3. The number of hydroxylamine groups is 1. The molecule has 0 aromatic rings. The van der Waals surface area contributed by atoms with E-state index in [0.29, 0.717) is 23.7 Å². The van der Waals surface area contributed by atoms with Crippen LogP contribution in [0.25, 0.3) is 0 Å². The molecule has 0 saturated heterocycles. The molecule has 5 aliphatic carbocycles. The lowest BCUT2D eigenvalue weighted by atomic mass is 9.32. The van der Waals surface area contributed by atoms with E-state index in [-0.39, 0.29) is 33.6 Å². The molecule has 0 spiro atoms. The zero-order valence-corrected chi connectivity index (χ0v) is 22.5. The summed E-state index contributed by atoms with van der Waals surface area (Å²) in [6, 6.07) is 0.169. The summed E-state index contributed by atoms with van der Waals surface area (Å²) in [6.45, 7) is 19.0. The molecule has 0 radical (unpaired) electrons. The summed E-state index contributed by atoms with van der Waals surface area (Å²) < 4.78 is 0. The second-order valence-corrected chi connectivity index (χ2v) is 14.7. The van der Waals surface area contributed by atoms with Gasteiger partial charge in [0.2, 0.25) is 0 Å². The molecule has 0 amide bonds. The van der Waals surface area contributed by atoms with E-state index in [4.69, 9.17) is 0 Å². The smallest absolute Gasteiger partial charge is 0.309 e. The van der Waals surface area contributed by atoms with Crippen LogP contribution in [0.2, 0.25) is 0 Å². The first-order chi connectivity index (χ1) is 15.8. The number of fused-ring (bicyclic) bond motifs is 7. The van der Waals surface area contributed by atoms with Crippen LogP contribution < -0.4 is 5.48 Å². The third kappa shape index (κ3) is 2.82. The minimum Gasteiger partial charge on any atom is -0.481 e. The van der Waals surface area contributed by atoms with E-state index in [1.165, 1.54) is 37.7 Å². The Balaban J connectivity index is 1.55. The molecule has 5 fully saturated rings. The maximum absolute atomic E-state index is 12.8. The number of hydrogen-bond donors (Lipinski definition) is 3. The molecule has 5 rings (SSSR count). The highest BCUT2D eigenvalue weighted by molar-refractivity contribution is 5.76. The Kier molecular flexibility index (Phi) is 5.52. The zero-order valence-electron chi connectivity index (χ0n) is 22.5. The van der Waals surface area contributed by atoms with E-state index >= 15 is 0 Å². The van der Waals surface area contributed by atoms with Gasteiger partial charge in [-0.15, -0.1) is 0 Å². The number of carbonyl (C=O) groups is 1. The summed E-state index contributed by atoms with van der Waals surface area (Å²) in [5, 5.41) is 20.4. The van der Waals surface area contributed by atoms with Gasteiger partial charge in [-0.3, -0.25) is 4.79 Å². The van der Waals surface area contributed by atoms with Crippen LogP contribution in [0.15, 0.2) is 12.2 Å². The molecular formula is C30H49NO3. The Bertz CT molecular complexity index is 882. The zero-order chi connectivity index (χ0) is 24.9. The molecule has 0 unspecified atom stereocenters. The molecule has 4 nitrogen and oxygen atoms in total. The van der Waals surface area contributed by atoms with Crippen LogP contribution in [0.3, 0.4) is 0 Å². The van der Waals surface area contributed by atoms with Gasteiger partial charge in [0.05, 0.1) is 5.41 Å². The summed E-state index contributed by atoms with van der Waals surface area (Å²) in [7, 11) is 0. The van der Waals surface area contributed by atoms with Gasteiger partial charge in [-0.05, 0) is 122 Å². The van der Waals surface area contributed by atoms with E-state index in [9.17, 15) is 15.1 Å². The summed E-state index contributed by atoms with van der Waals surface area (Å²) in [4.78, 5) is 12.8. The Morgan fingerprint density at radius 2 is 1.56 bits per heavy atom. The molecule has 5 saturated carbocycles. The average Bonchev–Trinajstić information content (AvgIpc) is 3.15. The average molecular weight is 472 g/mol. The molecule has 192 valence electrons. The van der Waals surface area contributed by atoms with Gasteiger partial charge in [-0.2, -0.15) is 0 Å². The molecule has 3 N–H and O–H groups in total. The second kappa shape index (κ2) is 7.57. The van der Waals surface area contributed by atoms with Crippen LogP contribution in [0.4, 0.5) is 0 Å². The lowest BCUT2D eigenvalue weighted by Crippen LogP contribution is -2.67. The minimum absolute atomic E-state index is 0.0718. The highest BCUT2D eigenvalue weighted by Gasteiger charge is 2.72. The van der Waals surface area contributed by atoms with E-state index in [2.05, 4.69) is 53.6 Å². The van der Waals surface area contributed by atoms with Crippen LogP contribution in [-0.4, -0.2) is 22.3 Å². The van der Waals surface area contributed by atoms with Crippen molar-refractivity contribution in [3.63, 3.8) is 0 Å². The number of nitrogens with one attached hydrogen (secondary N) is 1. The largest absolute Gasteiger partial charge is 0.481 e. The van der Waals surface area contributed by atoms with Crippen molar-refractivity contribution in [1.82, 2.24) is 5.48 Å². The van der Waals surface area contributed by atoms with Gasteiger partial charge in [0.25, 0.3) is 0 Å². The molecule has 0 aromatic carbocycles. The van der Waals surface area contributed by atoms with Crippen molar-refractivity contribution in [3.8, 4) is 0 Å². The van der Waals surface area contributed by atoms with Gasteiger partial charge in [0.15, 0.2) is 0 Å². The van der Waals surface area contributed by atoms with Gasteiger partial charge in [-0.25, -0.2) is 5.48 Å². The number of carboxylic acid groups (broad SMARTS) is 1. The first kappa shape index (κ1) is 24.8. The minimum atomic E-state index is -0.539. The van der Waals surface area contributed by atoms with E-state index in [1.54, 1.807) is 0 Å². The second-order valence-electron chi connectivity index (χ2n) is 14.7. The molecule has 34 heavy (non-hydrogen) atoms. The van der Waals surface area contributed by atoms with Crippen LogP contribution in [-0.2, 0) is 4.79 Å². The maximum Gasteiger partial charge on any atom is 0.309 e. The van der Waals surface area contributed by atoms with Crippen molar-refractivity contribution in [2.24, 2.45) is 56.7 Å². The number of allylic oxidation sites excluding steroid dienone is 1. The van der Waals surface area contributed by atoms with Crippen molar-refractivity contribution in [1.29, 1.82) is 0 Å². The van der Waals surface area contributed by atoms with Crippen LogP contribution in [0.5, 0.6) is 0 Å². The van der Waals surface area contributed by atoms with Gasteiger partial charge in [-0.1, -0.05) is 46.8 Å². The molecule has 0 bridgehead atoms. The Morgan fingerprint density at radius 1 is 0.853 bits per heavy atom. The Hall–Kier alpha value is -0.870. The standard InChI is InChI=1S/C30H49NO3/c1-18(2)19-10-15-30(25(32)33)17-16-28(6)20(24(19)30)8-9-22-27(5)13-12-23(31-34)26(3,4)21(27)11-14-29(22,28)7/h19-24,31,34H,1,8-17H2,2-7H3,(H,32,33)/t19-,20+,21-,22+,23-,24+,27-,28+,29+,30-/m0/s1. The monoisotopic (exact) mass is 471 g/mol. The summed E-state index contributed by atoms with van der Waals surface area (Å²) >= 11 is 0. The van der Waals surface area contributed by atoms with E-state index in [1.807, 2.05) is 0 Å². The van der Waals surface area contributed by atoms with Crippen LogP contribution >= 0.6 is 0 Å². The number of carboxylic acids is 1. The quantitative estimate of drug-likeness (QED) is 0.304. The molecule has 0 heterocycles. The topological polar surface area (TPSA) is 69.6 Å². The highest BCUT2D eigenvalue weighted by Crippen LogP contribution is 2.77. The SMILES string of the molecule is C=C(C)[C@@H]1CC[C@]2(C(=O)O)CC[C@]3(C)[C@H](CC[C@@H]4[C@@]5(C)CC[C@H](NO)C(C)(C)[C@@H]5CC[C@]43C)[C@@H]12. The maximum atomic E-state index is 12.8. The molecule has 0 aliphatic heterocycles. The highest BCUT2D eigenvalue weighted by atomic mass is 16.5. The van der Waals surface area contributed by atoms with E-state index < -0.39 is 11.4 Å². The van der Waals surface area contributed by atoms with Crippen molar-refractivity contribution < 1.29 is 15.1 Å². The molecular weight excluding hydrogens is 422 g/mol. The predicted octanol–water partition coefficient (Wildman–Crippen LogP) is 7.08. The van der Waals surface area contributed by atoms with Gasteiger partial charge >= 0.3 is 5.97 Å². The predicted molar refractivity (Wildman–Crippen MR) is 135 cm³/mol. The first-order valence-corrected chi connectivity index (χ1v) is 14.1. The van der Waals surface area contributed by atoms with Crippen LogP contribution in [0, 0.1) is 56.7 Å². The van der Waals surface area contributed by atoms with Crippen molar-refractivity contribution in [3.05, 3.63) is 12.2 Å².